The molecule has 3 aromatic rings. The van der Waals surface area contributed by atoms with Crippen molar-refractivity contribution in [1.29, 1.82) is 0 Å². The second-order valence-corrected chi connectivity index (χ2v) is 7.72. The van der Waals surface area contributed by atoms with E-state index in [9.17, 15) is 0 Å². The van der Waals surface area contributed by atoms with Crippen LogP contribution in [0.5, 0.6) is 23.0 Å². The molecule has 0 N–H and O–H groups in total. The topological polar surface area (TPSA) is 46.2 Å². The van der Waals surface area contributed by atoms with Crippen molar-refractivity contribution in [3.05, 3.63) is 59.7 Å². The summed E-state index contributed by atoms with van der Waals surface area (Å²) in [4.78, 5) is 0. The minimum Gasteiger partial charge on any atom is -0.496 e. The summed E-state index contributed by atoms with van der Waals surface area (Å²) in [5.74, 6) is 2.67. The van der Waals surface area contributed by atoms with Gasteiger partial charge >= 0.3 is 0 Å². The van der Waals surface area contributed by atoms with Crippen molar-refractivity contribution in [3.63, 3.8) is 0 Å². The van der Waals surface area contributed by atoms with E-state index in [4.69, 9.17) is 23.7 Å². The number of rotatable bonds is 13. The molecule has 0 unspecified atom stereocenters. The van der Waals surface area contributed by atoms with Crippen LogP contribution in [0.15, 0.2) is 48.5 Å². The summed E-state index contributed by atoms with van der Waals surface area (Å²) in [6.45, 7) is 3.92. The molecular formula is C27H34O5. The Balaban J connectivity index is 1.93. The molecule has 0 saturated heterocycles. The summed E-state index contributed by atoms with van der Waals surface area (Å²) in [7, 11) is 4.94. The fraction of sp³-hybridized carbons (Fsp3) is 0.407. The van der Waals surface area contributed by atoms with Crippen LogP contribution in [-0.2, 0) is 18.0 Å². The largest absolute Gasteiger partial charge is 0.496 e. The van der Waals surface area contributed by atoms with Gasteiger partial charge in [-0.2, -0.15) is 0 Å². The van der Waals surface area contributed by atoms with E-state index >= 15 is 0 Å². The average Bonchev–Trinajstić information content (AvgIpc) is 2.84. The van der Waals surface area contributed by atoms with E-state index in [-0.39, 0.29) is 0 Å². The molecule has 0 atom stereocenters. The van der Waals surface area contributed by atoms with Crippen LogP contribution in [0, 0.1) is 0 Å². The smallest absolute Gasteiger partial charge is 0.168 e. The van der Waals surface area contributed by atoms with Crippen LogP contribution in [0.2, 0.25) is 0 Å². The molecule has 5 nitrogen and oxygen atoms in total. The second kappa shape index (κ2) is 12.2. The van der Waals surface area contributed by atoms with Gasteiger partial charge in [-0.25, -0.2) is 0 Å². The monoisotopic (exact) mass is 438 g/mol. The fourth-order valence-electron chi connectivity index (χ4n) is 3.77. The molecule has 0 aliphatic heterocycles. The van der Waals surface area contributed by atoms with Crippen molar-refractivity contribution in [2.75, 3.05) is 27.9 Å². The third-order valence-corrected chi connectivity index (χ3v) is 5.43. The van der Waals surface area contributed by atoms with E-state index in [2.05, 4.69) is 13.0 Å². The lowest BCUT2D eigenvalue weighted by molar-refractivity contribution is 0.116. The molecule has 0 radical (unpaired) electrons. The Kier molecular flexibility index (Phi) is 9.05. The molecule has 3 aromatic carbocycles. The van der Waals surface area contributed by atoms with Gasteiger partial charge < -0.3 is 23.7 Å². The number of methoxy groups -OCH3 is 3. The number of ether oxygens (including phenoxy) is 5. The zero-order valence-electron chi connectivity index (χ0n) is 19.6. The van der Waals surface area contributed by atoms with Gasteiger partial charge in [0, 0.05) is 18.1 Å². The molecule has 0 aliphatic carbocycles. The molecule has 0 spiro atoms. The van der Waals surface area contributed by atoms with Crippen molar-refractivity contribution < 1.29 is 23.7 Å². The quantitative estimate of drug-likeness (QED) is 0.284. The van der Waals surface area contributed by atoms with Crippen LogP contribution in [0.3, 0.4) is 0 Å². The molecule has 0 fully saturated rings. The Morgan fingerprint density at radius 3 is 2.16 bits per heavy atom. The van der Waals surface area contributed by atoms with Gasteiger partial charge in [0.25, 0.3) is 0 Å². The highest BCUT2D eigenvalue weighted by molar-refractivity contribution is 6.00. The molecule has 0 aliphatic rings. The van der Waals surface area contributed by atoms with Gasteiger partial charge in [-0.1, -0.05) is 56.5 Å². The van der Waals surface area contributed by atoms with Crippen LogP contribution < -0.4 is 18.9 Å². The SMILES string of the molecule is CCCCCCOCc1cc(OC)c2c(OCc3ccccc3)cc(OC)c(OC)c2c1. The summed E-state index contributed by atoms with van der Waals surface area (Å²) >= 11 is 0. The summed E-state index contributed by atoms with van der Waals surface area (Å²) in [6.07, 6.45) is 4.74. The van der Waals surface area contributed by atoms with E-state index < -0.39 is 0 Å². The number of unbranched alkanes of at least 4 members (excludes halogenated alkanes) is 3. The highest BCUT2D eigenvalue weighted by Crippen LogP contribution is 2.46. The summed E-state index contributed by atoms with van der Waals surface area (Å²) in [5, 5.41) is 1.73. The Morgan fingerprint density at radius 2 is 1.47 bits per heavy atom. The molecule has 0 heterocycles. The highest BCUT2D eigenvalue weighted by atomic mass is 16.5. The first-order chi connectivity index (χ1) is 15.7. The molecule has 0 saturated carbocycles. The van der Waals surface area contributed by atoms with E-state index in [1.54, 1.807) is 21.3 Å². The van der Waals surface area contributed by atoms with Crippen molar-refractivity contribution in [2.24, 2.45) is 0 Å². The number of fused-ring (bicyclic) bond motifs is 1. The van der Waals surface area contributed by atoms with Crippen LogP contribution in [0.4, 0.5) is 0 Å². The first kappa shape index (κ1) is 23.7. The van der Waals surface area contributed by atoms with E-state index in [1.807, 2.05) is 42.5 Å². The lowest BCUT2D eigenvalue weighted by Gasteiger charge is -2.19. The van der Waals surface area contributed by atoms with Gasteiger partial charge in [0.1, 0.15) is 18.1 Å². The van der Waals surface area contributed by atoms with E-state index in [0.29, 0.717) is 30.5 Å². The number of benzene rings is 3. The summed E-state index contributed by atoms with van der Waals surface area (Å²) in [5.41, 5.74) is 2.10. The molecule has 5 heteroatoms. The van der Waals surface area contributed by atoms with Crippen molar-refractivity contribution in [2.45, 2.75) is 45.8 Å². The third-order valence-electron chi connectivity index (χ3n) is 5.43. The zero-order chi connectivity index (χ0) is 22.8. The van der Waals surface area contributed by atoms with Crippen LogP contribution in [0.1, 0.15) is 43.7 Å². The predicted molar refractivity (Wildman–Crippen MR) is 128 cm³/mol. The maximum Gasteiger partial charge on any atom is 0.168 e. The minimum absolute atomic E-state index is 0.442. The summed E-state index contributed by atoms with van der Waals surface area (Å²) < 4.78 is 29.2. The van der Waals surface area contributed by atoms with E-state index in [1.165, 1.54) is 19.3 Å². The molecule has 3 rings (SSSR count). The number of hydrogen-bond donors (Lipinski definition) is 0. The van der Waals surface area contributed by atoms with Crippen LogP contribution in [-0.4, -0.2) is 27.9 Å². The maximum atomic E-state index is 6.22. The van der Waals surface area contributed by atoms with Crippen molar-refractivity contribution >= 4 is 10.8 Å². The fourth-order valence-corrected chi connectivity index (χ4v) is 3.77. The predicted octanol–water partition coefficient (Wildman–Crippen LogP) is 6.54. The van der Waals surface area contributed by atoms with Crippen molar-refractivity contribution in [3.8, 4) is 23.0 Å². The Hall–Kier alpha value is -2.92. The molecule has 0 amide bonds. The van der Waals surface area contributed by atoms with Gasteiger partial charge in [0.2, 0.25) is 0 Å². The molecular weight excluding hydrogens is 404 g/mol. The summed E-state index contributed by atoms with van der Waals surface area (Å²) in [6, 6.07) is 16.0. The van der Waals surface area contributed by atoms with Gasteiger partial charge in [-0.05, 0) is 29.7 Å². The van der Waals surface area contributed by atoms with Gasteiger partial charge in [0.15, 0.2) is 11.5 Å². The first-order valence-corrected chi connectivity index (χ1v) is 11.2. The van der Waals surface area contributed by atoms with Crippen molar-refractivity contribution in [1.82, 2.24) is 0 Å². The zero-order valence-corrected chi connectivity index (χ0v) is 19.6. The molecule has 0 aromatic heterocycles. The lowest BCUT2D eigenvalue weighted by atomic mass is 10.0. The highest BCUT2D eigenvalue weighted by Gasteiger charge is 2.19. The normalized spacial score (nSPS) is 10.9. The first-order valence-electron chi connectivity index (χ1n) is 11.2. The van der Waals surface area contributed by atoms with Gasteiger partial charge in [0.05, 0.1) is 33.3 Å². The van der Waals surface area contributed by atoms with Crippen LogP contribution in [0.25, 0.3) is 10.8 Å². The second-order valence-electron chi connectivity index (χ2n) is 7.72. The average molecular weight is 439 g/mol. The Bertz CT molecular complexity index is 984. The standard InChI is InChI=1S/C27H34O5/c1-5-6-7-11-14-31-18-21-15-22-26(23(16-21)28-2)24(17-25(29-3)27(22)30-4)32-19-20-12-9-8-10-13-20/h8-10,12-13,15-17H,5-7,11,14,18-19H2,1-4H3. The Labute approximate surface area is 191 Å². The lowest BCUT2D eigenvalue weighted by Crippen LogP contribution is -2.01. The minimum atomic E-state index is 0.442. The maximum absolute atomic E-state index is 6.22. The molecule has 172 valence electrons. The van der Waals surface area contributed by atoms with Gasteiger partial charge in [-0.3, -0.25) is 0 Å². The molecule has 32 heavy (non-hydrogen) atoms. The third kappa shape index (κ3) is 5.86. The van der Waals surface area contributed by atoms with Gasteiger partial charge in [-0.15, -0.1) is 0 Å². The molecule has 0 bridgehead atoms. The Morgan fingerprint density at radius 1 is 0.688 bits per heavy atom. The van der Waals surface area contributed by atoms with E-state index in [0.717, 1.165) is 40.7 Å². The van der Waals surface area contributed by atoms with Crippen LogP contribution >= 0.6 is 0 Å². The number of hydrogen-bond acceptors (Lipinski definition) is 5.